The van der Waals surface area contributed by atoms with Crippen molar-refractivity contribution in [3.63, 3.8) is 0 Å². The number of anilines is 2. The molecule has 3 N–H and O–H groups in total. The summed E-state index contributed by atoms with van der Waals surface area (Å²) in [7, 11) is -1.95. The molecule has 0 spiro atoms. The summed E-state index contributed by atoms with van der Waals surface area (Å²) >= 11 is 0. The number of methoxy groups -OCH3 is 1. The van der Waals surface area contributed by atoms with Crippen molar-refractivity contribution in [3.8, 4) is 0 Å². The summed E-state index contributed by atoms with van der Waals surface area (Å²) in [6.07, 6.45) is 0. The Morgan fingerprint density at radius 2 is 1.88 bits per heavy atom. The number of nitrogen functional groups attached to an aromatic ring is 1. The summed E-state index contributed by atoms with van der Waals surface area (Å²) < 4.78 is 30.5. The van der Waals surface area contributed by atoms with Gasteiger partial charge in [0, 0.05) is 7.11 Å². The summed E-state index contributed by atoms with van der Waals surface area (Å²) in [4.78, 5) is 0. The SMILES string of the molecule is COCCS(=O)(=O)Nc1cc(C)c(C)cc1N. The molecule has 0 amide bonds. The van der Waals surface area contributed by atoms with E-state index in [2.05, 4.69) is 4.72 Å². The maximum Gasteiger partial charge on any atom is 0.235 e. The monoisotopic (exact) mass is 258 g/mol. The van der Waals surface area contributed by atoms with E-state index in [1.807, 2.05) is 13.8 Å². The van der Waals surface area contributed by atoms with E-state index in [9.17, 15) is 8.42 Å². The van der Waals surface area contributed by atoms with E-state index in [-0.39, 0.29) is 12.4 Å². The Labute approximate surface area is 102 Å². The molecular formula is C11H18N2O3S. The van der Waals surface area contributed by atoms with Crippen LogP contribution < -0.4 is 10.5 Å². The Kier molecular flexibility index (Phi) is 4.36. The smallest absolute Gasteiger partial charge is 0.235 e. The lowest BCUT2D eigenvalue weighted by Gasteiger charge is -2.12. The Morgan fingerprint density at radius 1 is 1.29 bits per heavy atom. The van der Waals surface area contributed by atoms with Crippen molar-refractivity contribution in [2.24, 2.45) is 0 Å². The third-order valence-electron chi connectivity index (χ3n) is 2.49. The lowest BCUT2D eigenvalue weighted by atomic mass is 10.1. The Bertz CT molecular complexity index is 498. The van der Waals surface area contributed by atoms with Crippen molar-refractivity contribution in [2.75, 3.05) is 29.9 Å². The zero-order valence-corrected chi connectivity index (χ0v) is 11.1. The van der Waals surface area contributed by atoms with Gasteiger partial charge in [0.15, 0.2) is 0 Å². The largest absolute Gasteiger partial charge is 0.397 e. The first-order chi connectivity index (χ1) is 7.85. The van der Waals surface area contributed by atoms with Crippen LogP contribution in [-0.4, -0.2) is 27.9 Å². The van der Waals surface area contributed by atoms with Crippen LogP contribution in [0.1, 0.15) is 11.1 Å². The Balaban J connectivity index is 2.92. The minimum Gasteiger partial charge on any atom is -0.397 e. The highest BCUT2D eigenvalue weighted by molar-refractivity contribution is 7.92. The van der Waals surface area contributed by atoms with Crippen LogP contribution in [-0.2, 0) is 14.8 Å². The van der Waals surface area contributed by atoms with Gasteiger partial charge in [0.05, 0.1) is 23.7 Å². The molecule has 0 aliphatic rings. The number of nitrogens with one attached hydrogen (secondary N) is 1. The maximum atomic E-state index is 11.7. The molecule has 0 saturated carbocycles. The van der Waals surface area contributed by atoms with Crippen LogP contribution in [0.3, 0.4) is 0 Å². The van der Waals surface area contributed by atoms with Crippen LogP contribution in [0.4, 0.5) is 11.4 Å². The van der Waals surface area contributed by atoms with E-state index in [0.29, 0.717) is 11.4 Å². The summed E-state index contributed by atoms with van der Waals surface area (Å²) in [5, 5.41) is 0. The fourth-order valence-corrected chi connectivity index (χ4v) is 2.34. The topological polar surface area (TPSA) is 81.4 Å². The van der Waals surface area contributed by atoms with Gasteiger partial charge >= 0.3 is 0 Å². The molecule has 0 bridgehead atoms. The molecule has 96 valence electrons. The van der Waals surface area contributed by atoms with Crippen LogP contribution in [0.5, 0.6) is 0 Å². The molecule has 0 aliphatic carbocycles. The molecule has 1 rings (SSSR count). The van der Waals surface area contributed by atoms with Crippen LogP contribution in [0.2, 0.25) is 0 Å². The number of hydrogen-bond acceptors (Lipinski definition) is 4. The fraction of sp³-hybridized carbons (Fsp3) is 0.455. The third-order valence-corrected chi connectivity index (χ3v) is 3.72. The van der Waals surface area contributed by atoms with Gasteiger partial charge in [-0.1, -0.05) is 0 Å². The van der Waals surface area contributed by atoms with E-state index in [4.69, 9.17) is 10.5 Å². The van der Waals surface area contributed by atoms with Crippen LogP contribution in [0, 0.1) is 13.8 Å². The van der Waals surface area contributed by atoms with Crippen LogP contribution >= 0.6 is 0 Å². The van der Waals surface area contributed by atoms with Gasteiger partial charge in [-0.25, -0.2) is 8.42 Å². The summed E-state index contributed by atoms with van der Waals surface area (Å²) in [6, 6.07) is 3.48. The van der Waals surface area contributed by atoms with Gasteiger partial charge in [-0.2, -0.15) is 0 Å². The van der Waals surface area contributed by atoms with E-state index in [1.54, 1.807) is 12.1 Å². The van der Waals surface area contributed by atoms with Crippen molar-refractivity contribution < 1.29 is 13.2 Å². The van der Waals surface area contributed by atoms with Gasteiger partial charge in [0.2, 0.25) is 10.0 Å². The second kappa shape index (κ2) is 5.37. The second-order valence-corrected chi connectivity index (χ2v) is 5.78. The van der Waals surface area contributed by atoms with E-state index in [1.165, 1.54) is 7.11 Å². The summed E-state index contributed by atoms with van der Waals surface area (Å²) in [5.74, 6) is -0.0874. The molecule has 6 heteroatoms. The number of ether oxygens (including phenoxy) is 1. The first-order valence-electron chi connectivity index (χ1n) is 5.22. The van der Waals surface area contributed by atoms with Crippen LogP contribution in [0.25, 0.3) is 0 Å². The van der Waals surface area contributed by atoms with Gasteiger partial charge in [-0.15, -0.1) is 0 Å². The van der Waals surface area contributed by atoms with Gasteiger partial charge in [-0.3, -0.25) is 4.72 Å². The Morgan fingerprint density at radius 3 is 2.47 bits per heavy atom. The van der Waals surface area contributed by atoms with Crippen molar-refractivity contribution in [3.05, 3.63) is 23.3 Å². The average molecular weight is 258 g/mol. The quantitative estimate of drug-likeness (QED) is 0.779. The van der Waals surface area contributed by atoms with E-state index < -0.39 is 10.0 Å². The zero-order valence-electron chi connectivity index (χ0n) is 10.3. The molecular weight excluding hydrogens is 240 g/mol. The normalized spacial score (nSPS) is 11.5. The van der Waals surface area contributed by atoms with Gasteiger partial charge in [0.1, 0.15) is 0 Å². The molecule has 17 heavy (non-hydrogen) atoms. The highest BCUT2D eigenvalue weighted by Crippen LogP contribution is 2.23. The number of rotatable bonds is 5. The van der Waals surface area contributed by atoms with Crippen molar-refractivity contribution in [1.82, 2.24) is 0 Å². The van der Waals surface area contributed by atoms with Gasteiger partial charge in [0.25, 0.3) is 0 Å². The minimum atomic E-state index is -3.40. The molecule has 0 heterocycles. The third kappa shape index (κ3) is 3.90. The molecule has 0 aromatic heterocycles. The Hall–Kier alpha value is -1.27. The van der Waals surface area contributed by atoms with E-state index in [0.717, 1.165) is 11.1 Å². The minimum absolute atomic E-state index is 0.0874. The predicted molar refractivity (Wildman–Crippen MR) is 69.6 cm³/mol. The molecule has 1 aromatic carbocycles. The first kappa shape index (κ1) is 13.8. The molecule has 0 radical (unpaired) electrons. The molecule has 0 saturated heterocycles. The number of aryl methyl sites for hydroxylation is 2. The molecule has 1 aromatic rings. The van der Waals surface area contributed by atoms with Crippen molar-refractivity contribution in [1.29, 1.82) is 0 Å². The maximum absolute atomic E-state index is 11.7. The molecule has 5 nitrogen and oxygen atoms in total. The number of benzene rings is 1. The lowest BCUT2D eigenvalue weighted by Crippen LogP contribution is -2.20. The van der Waals surface area contributed by atoms with Crippen molar-refractivity contribution >= 4 is 21.4 Å². The standard InChI is InChI=1S/C11H18N2O3S/c1-8-6-10(12)11(7-9(8)2)13-17(14,15)5-4-16-3/h6-7,13H,4-5,12H2,1-3H3. The second-order valence-electron chi connectivity index (χ2n) is 3.94. The van der Waals surface area contributed by atoms with Gasteiger partial charge in [-0.05, 0) is 37.1 Å². The predicted octanol–water partition coefficient (Wildman–Crippen LogP) is 1.27. The molecule has 0 atom stereocenters. The lowest BCUT2D eigenvalue weighted by molar-refractivity contribution is 0.217. The highest BCUT2D eigenvalue weighted by atomic mass is 32.2. The summed E-state index contributed by atoms with van der Waals surface area (Å²) in [5.41, 5.74) is 8.63. The highest BCUT2D eigenvalue weighted by Gasteiger charge is 2.12. The number of hydrogen-bond donors (Lipinski definition) is 2. The van der Waals surface area contributed by atoms with E-state index >= 15 is 0 Å². The van der Waals surface area contributed by atoms with Gasteiger partial charge < -0.3 is 10.5 Å². The molecule has 0 unspecified atom stereocenters. The molecule has 0 fully saturated rings. The van der Waals surface area contributed by atoms with Crippen LogP contribution in [0.15, 0.2) is 12.1 Å². The number of nitrogens with two attached hydrogens (primary N) is 1. The van der Waals surface area contributed by atoms with Crippen molar-refractivity contribution in [2.45, 2.75) is 13.8 Å². The number of sulfonamides is 1. The average Bonchev–Trinajstić information content (AvgIpc) is 2.23. The molecule has 0 aliphatic heterocycles. The first-order valence-corrected chi connectivity index (χ1v) is 6.87. The fourth-order valence-electron chi connectivity index (χ4n) is 1.34. The summed E-state index contributed by atoms with van der Waals surface area (Å²) in [6.45, 7) is 3.98. The zero-order chi connectivity index (χ0) is 13.1.